The maximum atomic E-state index is 2.55. The van der Waals surface area contributed by atoms with Gasteiger partial charge in [0.1, 0.15) is 0 Å². The molecule has 0 fully saturated rings. The molecule has 2 aliphatic heterocycles. The lowest BCUT2D eigenvalue weighted by molar-refractivity contribution is 0.392. The van der Waals surface area contributed by atoms with E-state index in [1.54, 1.807) is 0 Å². The fourth-order valence-electron chi connectivity index (χ4n) is 11.5. The minimum Gasteiger partial charge on any atom is -0.307 e. The molecule has 0 aromatic heterocycles. The molecular formula is C65H50N4. The summed E-state index contributed by atoms with van der Waals surface area (Å²) >= 11 is 0. The third-order valence-corrected chi connectivity index (χ3v) is 14.7. The van der Waals surface area contributed by atoms with Crippen LogP contribution in [0.3, 0.4) is 0 Å². The van der Waals surface area contributed by atoms with E-state index in [1.165, 1.54) is 61.8 Å². The minimum absolute atomic E-state index is 0.0785. The SMILES string of the molecule is CC1(C)c2cc(/C=C/c3cccc(-c4cccc(N5c6ccccc6N(c6ccccc6)c6ccccc65)c4)c3)ccc2C2C=CC(N3c4ccccc4N(c4ccccc4)c4ccccc43)=CC21. The second-order valence-electron chi connectivity index (χ2n) is 19.0. The summed E-state index contributed by atoms with van der Waals surface area (Å²) in [5.41, 5.74) is 21.5. The lowest BCUT2D eigenvalue weighted by atomic mass is 9.74. The normalized spacial score (nSPS) is 17.1. The van der Waals surface area contributed by atoms with Gasteiger partial charge in [-0.05, 0) is 142 Å². The van der Waals surface area contributed by atoms with E-state index in [0.717, 1.165) is 39.8 Å². The molecule has 0 spiro atoms. The van der Waals surface area contributed by atoms with Crippen LogP contribution in [0.15, 0.2) is 248 Å². The van der Waals surface area contributed by atoms with E-state index in [9.17, 15) is 0 Å². The Bertz CT molecular complexity index is 3430. The van der Waals surface area contributed by atoms with E-state index in [4.69, 9.17) is 0 Å². The molecule has 4 nitrogen and oxygen atoms in total. The Morgan fingerprint density at radius 3 is 1.32 bits per heavy atom. The van der Waals surface area contributed by atoms with Gasteiger partial charge in [0.15, 0.2) is 0 Å². The van der Waals surface area contributed by atoms with E-state index >= 15 is 0 Å². The molecule has 2 atom stereocenters. The van der Waals surface area contributed by atoms with Crippen molar-refractivity contribution >= 4 is 74.7 Å². The molecule has 69 heavy (non-hydrogen) atoms. The molecule has 13 rings (SSSR count). The zero-order valence-corrected chi connectivity index (χ0v) is 38.7. The van der Waals surface area contributed by atoms with Crippen molar-refractivity contribution < 1.29 is 0 Å². The molecule has 0 saturated carbocycles. The van der Waals surface area contributed by atoms with Gasteiger partial charge in [-0.25, -0.2) is 0 Å². The van der Waals surface area contributed by atoms with Gasteiger partial charge in [0, 0.05) is 28.7 Å². The lowest BCUT2D eigenvalue weighted by Gasteiger charge is -2.42. The van der Waals surface area contributed by atoms with Crippen molar-refractivity contribution in [2.24, 2.45) is 5.92 Å². The molecule has 330 valence electrons. The molecule has 0 amide bonds. The lowest BCUT2D eigenvalue weighted by Crippen LogP contribution is -2.30. The van der Waals surface area contributed by atoms with Gasteiger partial charge in [-0.3, -0.25) is 0 Å². The van der Waals surface area contributed by atoms with Gasteiger partial charge in [0.05, 0.1) is 45.5 Å². The molecule has 0 radical (unpaired) electrons. The number of rotatable bonds is 7. The summed E-state index contributed by atoms with van der Waals surface area (Å²) in [6, 6.07) is 81.4. The highest BCUT2D eigenvalue weighted by atomic mass is 15.3. The van der Waals surface area contributed by atoms with Crippen LogP contribution in [-0.4, -0.2) is 0 Å². The summed E-state index contributed by atoms with van der Waals surface area (Å²) in [4.78, 5) is 9.64. The number of benzene rings is 9. The van der Waals surface area contributed by atoms with Crippen LogP contribution in [0.25, 0.3) is 23.3 Å². The number of anilines is 11. The minimum atomic E-state index is -0.0785. The maximum absolute atomic E-state index is 2.55. The predicted molar refractivity (Wildman–Crippen MR) is 290 cm³/mol. The van der Waals surface area contributed by atoms with Crippen LogP contribution < -0.4 is 19.6 Å². The van der Waals surface area contributed by atoms with E-state index in [-0.39, 0.29) is 5.41 Å². The molecule has 4 aliphatic rings. The van der Waals surface area contributed by atoms with Crippen molar-refractivity contribution in [2.45, 2.75) is 25.2 Å². The summed E-state index contributed by atoms with van der Waals surface area (Å²) < 4.78 is 0. The van der Waals surface area contributed by atoms with Crippen LogP contribution in [0.2, 0.25) is 0 Å². The smallest absolute Gasteiger partial charge is 0.0703 e. The average Bonchev–Trinajstić information content (AvgIpc) is 3.63. The van der Waals surface area contributed by atoms with Gasteiger partial charge >= 0.3 is 0 Å². The van der Waals surface area contributed by atoms with Gasteiger partial charge in [0.2, 0.25) is 0 Å². The number of nitrogens with zero attached hydrogens (tertiary/aromatic N) is 4. The van der Waals surface area contributed by atoms with E-state index in [1.807, 2.05) is 0 Å². The third-order valence-electron chi connectivity index (χ3n) is 14.7. The Kier molecular flexibility index (Phi) is 9.62. The standard InChI is InChI=1S/C65H50N4/c1-65(2)55-42-46(37-39-53(55)54-40-38-52(44-56(54)65)69-63-33-15-11-29-59(63)67(50-24-7-4-8-25-50)60-30-12-16-34-64(60)69)36-35-45-19-17-20-47(41-45)48-21-18-26-51(43-48)68-61-31-13-9-27-57(61)66(49-22-5-3-6-23-49)58-28-10-14-32-62(58)68/h3-44,54,56H,1-2H3/b36-35+. The van der Waals surface area contributed by atoms with Crippen LogP contribution in [0, 0.1) is 5.92 Å². The van der Waals surface area contributed by atoms with Crippen molar-refractivity contribution in [3.63, 3.8) is 0 Å². The Morgan fingerprint density at radius 1 is 0.377 bits per heavy atom. The molecule has 0 saturated heterocycles. The second-order valence-corrected chi connectivity index (χ2v) is 19.0. The Morgan fingerprint density at radius 2 is 0.797 bits per heavy atom. The van der Waals surface area contributed by atoms with Crippen LogP contribution in [0.1, 0.15) is 42.0 Å². The largest absolute Gasteiger partial charge is 0.307 e. The van der Waals surface area contributed by atoms with E-state index in [0.29, 0.717) is 11.8 Å². The van der Waals surface area contributed by atoms with Crippen LogP contribution in [-0.2, 0) is 5.41 Å². The first kappa shape index (κ1) is 40.7. The molecule has 4 heteroatoms. The van der Waals surface area contributed by atoms with Gasteiger partial charge in [-0.2, -0.15) is 0 Å². The first-order chi connectivity index (χ1) is 34.0. The number of hydrogen-bond donors (Lipinski definition) is 0. The summed E-state index contributed by atoms with van der Waals surface area (Å²) in [6.07, 6.45) is 11.9. The highest BCUT2D eigenvalue weighted by molar-refractivity contribution is 6.02. The molecule has 9 aromatic rings. The molecule has 2 heterocycles. The Hall–Kier alpha value is -8.60. The third kappa shape index (κ3) is 6.74. The van der Waals surface area contributed by atoms with Crippen molar-refractivity contribution in [1.29, 1.82) is 0 Å². The fourth-order valence-corrected chi connectivity index (χ4v) is 11.5. The Balaban J connectivity index is 0.786. The molecular weight excluding hydrogens is 837 g/mol. The van der Waals surface area contributed by atoms with Gasteiger partial charge in [0.25, 0.3) is 0 Å². The molecule has 0 N–H and O–H groups in total. The van der Waals surface area contributed by atoms with Crippen LogP contribution in [0.5, 0.6) is 0 Å². The summed E-state index contributed by atoms with van der Waals surface area (Å²) in [5, 5.41) is 0. The summed E-state index contributed by atoms with van der Waals surface area (Å²) in [6.45, 7) is 4.87. The quantitative estimate of drug-likeness (QED) is 0.148. The molecule has 0 bridgehead atoms. The first-order valence-corrected chi connectivity index (χ1v) is 24.1. The van der Waals surface area contributed by atoms with Gasteiger partial charge < -0.3 is 19.6 Å². The summed E-state index contributed by atoms with van der Waals surface area (Å²) in [5.74, 6) is 0.621. The van der Waals surface area contributed by atoms with E-state index < -0.39 is 0 Å². The van der Waals surface area contributed by atoms with Crippen molar-refractivity contribution in [3.8, 4) is 11.1 Å². The zero-order chi connectivity index (χ0) is 46.1. The average molecular weight is 887 g/mol. The molecule has 2 aliphatic carbocycles. The van der Waals surface area contributed by atoms with Gasteiger partial charge in [-0.15, -0.1) is 0 Å². The van der Waals surface area contributed by atoms with E-state index in [2.05, 4.69) is 288 Å². The topological polar surface area (TPSA) is 13.0 Å². The number of fused-ring (bicyclic) bond motifs is 7. The highest BCUT2D eigenvalue weighted by Gasteiger charge is 2.46. The van der Waals surface area contributed by atoms with Crippen molar-refractivity contribution in [2.75, 3.05) is 19.6 Å². The summed E-state index contributed by atoms with van der Waals surface area (Å²) in [7, 11) is 0. The molecule has 9 aromatic carbocycles. The van der Waals surface area contributed by atoms with Crippen LogP contribution >= 0.6 is 0 Å². The number of allylic oxidation sites excluding steroid dienone is 3. The van der Waals surface area contributed by atoms with Crippen molar-refractivity contribution in [3.05, 3.63) is 271 Å². The number of hydrogen-bond acceptors (Lipinski definition) is 4. The monoisotopic (exact) mass is 886 g/mol. The Labute approximate surface area is 405 Å². The highest BCUT2D eigenvalue weighted by Crippen LogP contribution is 2.58. The van der Waals surface area contributed by atoms with Gasteiger partial charge in [-0.1, -0.05) is 172 Å². The fraction of sp³-hybridized carbons (Fsp3) is 0.0769. The second kappa shape index (κ2) is 16.3. The zero-order valence-electron chi connectivity index (χ0n) is 38.7. The number of para-hydroxylation sites is 10. The molecule has 2 unspecified atom stereocenters. The maximum Gasteiger partial charge on any atom is 0.0703 e. The first-order valence-electron chi connectivity index (χ1n) is 24.1. The van der Waals surface area contributed by atoms with Crippen LogP contribution in [0.4, 0.5) is 62.6 Å². The van der Waals surface area contributed by atoms with Crippen molar-refractivity contribution in [1.82, 2.24) is 0 Å². The predicted octanol–water partition coefficient (Wildman–Crippen LogP) is 17.8.